The Hall–Kier alpha value is -2.76. The van der Waals surface area contributed by atoms with Crippen LogP contribution in [0.5, 0.6) is 5.75 Å². The second-order valence-corrected chi connectivity index (χ2v) is 4.57. The van der Waals surface area contributed by atoms with Crippen molar-refractivity contribution < 1.29 is 9.94 Å². The van der Waals surface area contributed by atoms with Crippen molar-refractivity contribution in [3.8, 4) is 5.75 Å². The van der Waals surface area contributed by atoms with Crippen molar-refractivity contribution in [1.29, 1.82) is 0 Å². The smallest absolute Gasteiger partial charge is 0.170 e. The number of oxime groups is 1. The van der Waals surface area contributed by atoms with Crippen LogP contribution < -0.4 is 15.4 Å². The largest absolute Gasteiger partial charge is 0.495 e. The first kappa shape index (κ1) is 14.6. The number of para-hydroxylation sites is 2. The molecule has 1 aromatic heterocycles. The molecule has 0 aliphatic carbocycles. The van der Waals surface area contributed by atoms with Crippen LogP contribution in [0.2, 0.25) is 0 Å². The van der Waals surface area contributed by atoms with Gasteiger partial charge < -0.3 is 20.6 Å². The van der Waals surface area contributed by atoms with Crippen LogP contribution in [0.1, 0.15) is 11.3 Å². The molecule has 21 heavy (non-hydrogen) atoms. The molecule has 0 fully saturated rings. The van der Waals surface area contributed by atoms with Crippen molar-refractivity contribution >= 4 is 17.3 Å². The van der Waals surface area contributed by atoms with Crippen LogP contribution >= 0.6 is 0 Å². The number of amidine groups is 1. The van der Waals surface area contributed by atoms with Crippen molar-refractivity contribution in [2.75, 3.05) is 19.1 Å². The van der Waals surface area contributed by atoms with E-state index in [1.807, 2.05) is 43.1 Å². The highest BCUT2D eigenvalue weighted by molar-refractivity contribution is 5.97. The van der Waals surface area contributed by atoms with Gasteiger partial charge in [0.15, 0.2) is 5.84 Å². The van der Waals surface area contributed by atoms with E-state index in [1.165, 1.54) is 0 Å². The molecule has 0 saturated heterocycles. The minimum absolute atomic E-state index is 0.0511. The number of hydrogen-bond acceptors (Lipinski definition) is 5. The predicted octanol–water partition coefficient (Wildman–Crippen LogP) is 2.26. The molecule has 0 saturated carbocycles. The highest BCUT2D eigenvalue weighted by Crippen LogP contribution is 2.31. The topological polar surface area (TPSA) is 84.0 Å². The van der Waals surface area contributed by atoms with E-state index >= 15 is 0 Å². The zero-order valence-corrected chi connectivity index (χ0v) is 12.2. The summed E-state index contributed by atoms with van der Waals surface area (Å²) in [7, 11) is 3.51. The number of aryl methyl sites for hydroxylation is 1. The number of pyridine rings is 1. The van der Waals surface area contributed by atoms with Gasteiger partial charge >= 0.3 is 0 Å². The van der Waals surface area contributed by atoms with E-state index in [1.54, 1.807) is 19.2 Å². The van der Waals surface area contributed by atoms with Crippen LogP contribution in [0, 0.1) is 6.92 Å². The summed E-state index contributed by atoms with van der Waals surface area (Å²) < 4.78 is 5.36. The number of aromatic nitrogens is 1. The Bertz CT molecular complexity index is 670. The molecule has 0 unspecified atom stereocenters. The van der Waals surface area contributed by atoms with Crippen molar-refractivity contribution in [3.63, 3.8) is 0 Å². The number of rotatable bonds is 4. The lowest BCUT2D eigenvalue weighted by atomic mass is 10.2. The Morgan fingerprint density at radius 1 is 1.33 bits per heavy atom. The van der Waals surface area contributed by atoms with E-state index in [0.29, 0.717) is 11.4 Å². The lowest BCUT2D eigenvalue weighted by Crippen LogP contribution is -2.17. The van der Waals surface area contributed by atoms with Gasteiger partial charge in [-0.1, -0.05) is 17.3 Å². The van der Waals surface area contributed by atoms with Crippen LogP contribution in [0.15, 0.2) is 41.6 Å². The molecule has 0 aliphatic rings. The van der Waals surface area contributed by atoms with E-state index < -0.39 is 0 Å². The van der Waals surface area contributed by atoms with Gasteiger partial charge in [-0.25, -0.2) is 4.98 Å². The minimum Gasteiger partial charge on any atom is -0.495 e. The monoisotopic (exact) mass is 286 g/mol. The van der Waals surface area contributed by atoms with E-state index in [2.05, 4.69) is 10.1 Å². The number of hydrogen-bond donors (Lipinski definition) is 2. The molecule has 110 valence electrons. The quantitative estimate of drug-likeness (QED) is 0.390. The predicted molar refractivity (Wildman–Crippen MR) is 82.5 cm³/mol. The molecule has 0 atom stereocenters. The third-order valence-electron chi connectivity index (χ3n) is 3.13. The first-order valence-corrected chi connectivity index (χ1v) is 6.40. The first-order chi connectivity index (χ1) is 10.1. The maximum atomic E-state index is 8.82. The Labute approximate surface area is 123 Å². The number of anilines is 2. The zero-order valence-electron chi connectivity index (χ0n) is 12.2. The number of nitrogens with two attached hydrogens (primary N) is 1. The van der Waals surface area contributed by atoms with E-state index in [9.17, 15) is 0 Å². The Morgan fingerprint density at radius 3 is 2.71 bits per heavy atom. The van der Waals surface area contributed by atoms with Crippen molar-refractivity contribution in [2.24, 2.45) is 10.9 Å². The van der Waals surface area contributed by atoms with Crippen LogP contribution in [-0.4, -0.2) is 30.2 Å². The van der Waals surface area contributed by atoms with Crippen LogP contribution in [-0.2, 0) is 0 Å². The summed E-state index contributed by atoms with van der Waals surface area (Å²) in [5.74, 6) is 1.48. The highest BCUT2D eigenvalue weighted by Gasteiger charge is 2.13. The van der Waals surface area contributed by atoms with E-state index in [-0.39, 0.29) is 5.84 Å². The minimum atomic E-state index is 0.0511. The van der Waals surface area contributed by atoms with Gasteiger partial charge in [-0.15, -0.1) is 0 Å². The molecule has 0 spiro atoms. The molecule has 0 aliphatic heterocycles. The van der Waals surface area contributed by atoms with Crippen molar-refractivity contribution in [3.05, 3.63) is 47.7 Å². The van der Waals surface area contributed by atoms with Gasteiger partial charge in [0.1, 0.15) is 11.6 Å². The van der Waals surface area contributed by atoms with Gasteiger partial charge in [0, 0.05) is 18.3 Å². The molecular formula is C15H18N4O2. The number of benzene rings is 1. The molecule has 2 rings (SSSR count). The maximum Gasteiger partial charge on any atom is 0.170 e. The van der Waals surface area contributed by atoms with Gasteiger partial charge in [0.25, 0.3) is 0 Å². The van der Waals surface area contributed by atoms with Crippen LogP contribution in [0.25, 0.3) is 0 Å². The van der Waals surface area contributed by atoms with Gasteiger partial charge in [0.05, 0.1) is 12.8 Å². The Kier molecular flexibility index (Phi) is 4.27. The van der Waals surface area contributed by atoms with E-state index in [4.69, 9.17) is 15.7 Å². The molecule has 1 heterocycles. The summed E-state index contributed by atoms with van der Waals surface area (Å²) in [6.07, 6.45) is 0. The summed E-state index contributed by atoms with van der Waals surface area (Å²) in [5, 5.41) is 11.8. The molecule has 6 nitrogen and oxygen atoms in total. The average Bonchev–Trinajstić information content (AvgIpc) is 2.52. The summed E-state index contributed by atoms with van der Waals surface area (Å²) in [6.45, 7) is 1.85. The third kappa shape index (κ3) is 3.05. The Balaban J connectivity index is 2.48. The average molecular weight is 286 g/mol. The molecule has 0 radical (unpaired) electrons. The second kappa shape index (κ2) is 6.13. The molecule has 1 aromatic carbocycles. The lowest BCUT2D eigenvalue weighted by Gasteiger charge is -2.21. The third-order valence-corrected chi connectivity index (χ3v) is 3.13. The normalized spacial score (nSPS) is 11.3. The van der Waals surface area contributed by atoms with Crippen molar-refractivity contribution in [1.82, 2.24) is 4.98 Å². The summed E-state index contributed by atoms with van der Waals surface area (Å²) >= 11 is 0. The number of methoxy groups -OCH3 is 1. The fourth-order valence-corrected chi connectivity index (χ4v) is 2.06. The SMILES string of the molecule is COc1ccccc1N(C)c1cc(/C(N)=N/O)cc(C)n1. The second-order valence-electron chi connectivity index (χ2n) is 4.57. The molecule has 0 bridgehead atoms. The van der Waals surface area contributed by atoms with Gasteiger partial charge in [-0.2, -0.15) is 0 Å². The highest BCUT2D eigenvalue weighted by atomic mass is 16.5. The zero-order chi connectivity index (χ0) is 15.4. The number of ether oxygens (including phenoxy) is 1. The van der Waals surface area contributed by atoms with Crippen LogP contribution in [0.3, 0.4) is 0 Å². The fraction of sp³-hybridized carbons (Fsp3) is 0.200. The molecular weight excluding hydrogens is 268 g/mol. The summed E-state index contributed by atoms with van der Waals surface area (Å²) in [4.78, 5) is 6.37. The summed E-state index contributed by atoms with van der Waals surface area (Å²) in [6, 6.07) is 11.2. The molecule has 3 N–H and O–H groups in total. The molecule has 6 heteroatoms. The van der Waals surface area contributed by atoms with Gasteiger partial charge in [-0.05, 0) is 31.2 Å². The Morgan fingerprint density at radius 2 is 2.05 bits per heavy atom. The molecule has 0 amide bonds. The number of nitrogens with zero attached hydrogens (tertiary/aromatic N) is 3. The van der Waals surface area contributed by atoms with Gasteiger partial charge in [-0.3, -0.25) is 0 Å². The fourth-order valence-electron chi connectivity index (χ4n) is 2.06. The first-order valence-electron chi connectivity index (χ1n) is 6.40. The molecule has 2 aromatic rings. The van der Waals surface area contributed by atoms with E-state index in [0.717, 1.165) is 17.1 Å². The summed E-state index contributed by atoms with van der Waals surface area (Å²) in [5.41, 5.74) is 7.92. The standard InChI is InChI=1S/C15H18N4O2/c1-10-8-11(15(16)18-20)9-14(17-10)19(2)12-6-4-5-7-13(12)21-3/h4-9,20H,1-3H3,(H2,16,18). The lowest BCUT2D eigenvalue weighted by molar-refractivity contribution is 0.318. The van der Waals surface area contributed by atoms with Gasteiger partial charge in [0.2, 0.25) is 0 Å². The van der Waals surface area contributed by atoms with Crippen LogP contribution in [0.4, 0.5) is 11.5 Å². The maximum absolute atomic E-state index is 8.82. The van der Waals surface area contributed by atoms with Crippen molar-refractivity contribution in [2.45, 2.75) is 6.92 Å².